The average molecular weight is 225 g/mol. The Morgan fingerprint density at radius 2 is 1.94 bits per heavy atom. The second kappa shape index (κ2) is 11.4. The van der Waals surface area contributed by atoms with Gasteiger partial charge in [-0.15, -0.1) is 0 Å². The number of hydrogen-bond donors (Lipinski definition) is 1. The molecule has 0 aromatic rings. The summed E-state index contributed by atoms with van der Waals surface area (Å²) in [5.41, 5.74) is 1.38. The molecule has 0 aromatic heterocycles. The summed E-state index contributed by atoms with van der Waals surface area (Å²) in [6.45, 7) is 5.86. The molecule has 4 nitrogen and oxygen atoms in total. The summed E-state index contributed by atoms with van der Waals surface area (Å²) in [6.07, 6.45) is 4.44. The van der Waals surface area contributed by atoms with Gasteiger partial charge in [-0.05, 0) is 26.7 Å². The molecule has 0 rings (SSSR count). The zero-order valence-corrected chi connectivity index (χ0v) is 10.1. The van der Waals surface area contributed by atoms with Crippen LogP contribution in [0.4, 0.5) is 0 Å². The largest absolute Gasteiger partial charge is 0.480 e. The van der Waals surface area contributed by atoms with Gasteiger partial charge in [-0.1, -0.05) is 18.6 Å². The molecule has 0 heterocycles. The molecule has 16 heavy (non-hydrogen) atoms. The van der Waals surface area contributed by atoms with Crippen molar-refractivity contribution in [3.05, 3.63) is 11.6 Å². The highest BCUT2D eigenvalue weighted by molar-refractivity contribution is 5.75. The Kier molecular flexibility index (Phi) is 12.0. The molecule has 0 amide bonds. The molecule has 0 saturated carbocycles. The molecule has 0 aliphatic rings. The maximum Gasteiger partial charge on any atom is 0.317 e. The smallest absolute Gasteiger partial charge is 0.317 e. The molecule has 0 atom stereocenters. The minimum Gasteiger partial charge on any atom is -0.480 e. The fourth-order valence-electron chi connectivity index (χ4n) is 0.734. The third kappa shape index (κ3) is 18.2. The number of hydrogen-bond acceptors (Lipinski definition) is 3. The Hall–Kier alpha value is -1.63. The first kappa shape index (κ1) is 16.8. The number of rotatable bonds is 5. The maximum atomic E-state index is 10.5. The van der Waals surface area contributed by atoms with Crippen LogP contribution in [0.2, 0.25) is 0 Å². The van der Waals surface area contributed by atoms with Crippen LogP contribution < -0.4 is 0 Å². The summed E-state index contributed by atoms with van der Waals surface area (Å²) in [4.78, 5) is 19.9. The number of Topliss-reactive ketones (excluding diaryl/α,β-unsaturated/α-hetero) is 1. The molecular formula is C12H19NO3. The van der Waals surface area contributed by atoms with Crippen molar-refractivity contribution in [2.75, 3.05) is 0 Å². The van der Waals surface area contributed by atoms with Crippen LogP contribution in [0.1, 0.15) is 46.5 Å². The van der Waals surface area contributed by atoms with Crippen LogP contribution in [-0.4, -0.2) is 16.9 Å². The summed E-state index contributed by atoms with van der Waals surface area (Å²) in [5, 5.41) is 15.3. The van der Waals surface area contributed by atoms with Crippen LogP contribution in [0.25, 0.3) is 0 Å². The predicted octanol–water partition coefficient (Wildman–Crippen LogP) is 2.70. The second-order valence-electron chi connectivity index (χ2n) is 3.37. The zero-order valence-electron chi connectivity index (χ0n) is 10.1. The molecule has 0 radical (unpaired) electrons. The van der Waals surface area contributed by atoms with Crippen LogP contribution in [-0.2, 0) is 9.59 Å². The van der Waals surface area contributed by atoms with Crippen molar-refractivity contribution in [3.63, 3.8) is 0 Å². The second-order valence-corrected chi connectivity index (χ2v) is 3.37. The van der Waals surface area contributed by atoms with E-state index in [0.29, 0.717) is 6.42 Å². The number of ketones is 1. The minimum absolute atomic E-state index is 0.278. The summed E-state index contributed by atoms with van der Waals surface area (Å²) in [5.74, 6) is -0.794. The number of nitriles is 1. The number of carboxylic acids is 1. The lowest BCUT2D eigenvalue weighted by Gasteiger charge is -1.93. The van der Waals surface area contributed by atoms with E-state index in [1.807, 2.05) is 0 Å². The minimum atomic E-state index is -1.07. The van der Waals surface area contributed by atoms with Crippen molar-refractivity contribution in [1.82, 2.24) is 0 Å². The first-order chi connectivity index (χ1) is 7.43. The molecule has 0 bridgehead atoms. The van der Waals surface area contributed by atoms with Crippen molar-refractivity contribution in [2.45, 2.75) is 46.5 Å². The Morgan fingerprint density at radius 3 is 2.19 bits per heavy atom. The third-order valence-corrected chi connectivity index (χ3v) is 1.78. The van der Waals surface area contributed by atoms with Crippen molar-refractivity contribution in [1.29, 1.82) is 5.26 Å². The van der Waals surface area contributed by atoms with Crippen LogP contribution >= 0.6 is 0 Å². The highest BCUT2D eigenvalue weighted by Crippen LogP contribution is 2.01. The van der Waals surface area contributed by atoms with Gasteiger partial charge < -0.3 is 9.90 Å². The van der Waals surface area contributed by atoms with Gasteiger partial charge in [0.1, 0.15) is 12.2 Å². The Labute approximate surface area is 96.6 Å². The van der Waals surface area contributed by atoms with Crippen LogP contribution in [0, 0.1) is 11.3 Å². The van der Waals surface area contributed by atoms with Gasteiger partial charge in [0.15, 0.2) is 0 Å². The van der Waals surface area contributed by atoms with Gasteiger partial charge in [0.2, 0.25) is 0 Å². The van der Waals surface area contributed by atoms with Crippen LogP contribution in [0.3, 0.4) is 0 Å². The van der Waals surface area contributed by atoms with E-state index in [1.54, 1.807) is 6.92 Å². The summed E-state index contributed by atoms with van der Waals surface area (Å²) in [7, 11) is 0. The van der Waals surface area contributed by atoms with Gasteiger partial charge in [0.05, 0.1) is 6.07 Å². The van der Waals surface area contributed by atoms with E-state index in [9.17, 15) is 9.59 Å². The van der Waals surface area contributed by atoms with E-state index in [4.69, 9.17) is 10.4 Å². The van der Waals surface area contributed by atoms with E-state index in [-0.39, 0.29) is 5.78 Å². The third-order valence-electron chi connectivity index (χ3n) is 1.78. The monoisotopic (exact) mass is 225 g/mol. The summed E-state index contributed by atoms with van der Waals surface area (Å²) >= 11 is 0. The maximum absolute atomic E-state index is 10.5. The Bertz CT molecular complexity index is 287. The number of aliphatic carboxylic acids is 1. The highest BCUT2D eigenvalue weighted by Gasteiger charge is 1.89. The zero-order chi connectivity index (χ0) is 13.0. The standard InChI is InChI=1S/C9H16O.C3H3NO2/c1-4-8(2)6-5-7-9(3)10;4-2-1-3(5)6/h6H,4-5,7H2,1-3H3;1H2,(H,5,6). The van der Waals surface area contributed by atoms with E-state index >= 15 is 0 Å². The van der Waals surface area contributed by atoms with Gasteiger partial charge in [-0.25, -0.2) is 0 Å². The highest BCUT2D eigenvalue weighted by atomic mass is 16.4. The molecule has 0 fully saturated rings. The Morgan fingerprint density at radius 1 is 1.38 bits per heavy atom. The molecular weight excluding hydrogens is 206 g/mol. The topological polar surface area (TPSA) is 78.2 Å². The molecule has 0 saturated heterocycles. The first-order valence-electron chi connectivity index (χ1n) is 5.17. The number of carboxylic acid groups (broad SMARTS) is 1. The van der Waals surface area contributed by atoms with E-state index in [1.165, 1.54) is 11.6 Å². The summed E-state index contributed by atoms with van der Waals surface area (Å²) < 4.78 is 0. The quantitative estimate of drug-likeness (QED) is 0.729. The van der Waals surface area contributed by atoms with Crippen molar-refractivity contribution < 1.29 is 14.7 Å². The van der Waals surface area contributed by atoms with Gasteiger partial charge >= 0.3 is 5.97 Å². The van der Waals surface area contributed by atoms with Crippen LogP contribution in [0.5, 0.6) is 0 Å². The van der Waals surface area contributed by atoms with Crippen LogP contribution in [0.15, 0.2) is 11.6 Å². The molecule has 0 aliphatic carbocycles. The van der Waals surface area contributed by atoms with Crippen molar-refractivity contribution in [3.8, 4) is 6.07 Å². The summed E-state index contributed by atoms with van der Waals surface area (Å²) in [6, 6.07) is 1.47. The lowest BCUT2D eigenvalue weighted by molar-refractivity contribution is -0.135. The lowest BCUT2D eigenvalue weighted by Crippen LogP contribution is -1.88. The van der Waals surface area contributed by atoms with E-state index < -0.39 is 12.4 Å². The fraction of sp³-hybridized carbons (Fsp3) is 0.583. The van der Waals surface area contributed by atoms with Gasteiger partial charge in [0.25, 0.3) is 0 Å². The number of allylic oxidation sites excluding steroid dienone is 2. The Balaban J connectivity index is 0. The molecule has 1 N–H and O–H groups in total. The SMILES string of the molecule is CCC(C)=CCCC(C)=O.N#CCC(=O)O. The first-order valence-corrected chi connectivity index (χ1v) is 5.17. The molecule has 0 aromatic carbocycles. The van der Waals surface area contributed by atoms with E-state index in [0.717, 1.165) is 12.8 Å². The van der Waals surface area contributed by atoms with Gasteiger partial charge in [-0.3, -0.25) is 4.79 Å². The number of carbonyl (C=O) groups is 2. The molecule has 0 unspecified atom stereocenters. The predicted molar refractivity (Wildman–Crippen MR) is 61.8 cm³/mol. The number of carbonyl (C=O) groups excluding carboxylic acids is 1. The van der Waals surface area contributed by atoms with Gasteiger partial charge in [0, 0.05) is 6.42 Å². The average Bonchev–Trinajstić information content (AvgIpc) is 2.17. The molecule has 90 valence electrons. The number of nitrogens with zero attached hydrogens (tertiary/aromatic N) is 1. The fourth-order valence-corrected chi connectivity index (χ4v) is 0.734. The lowest BCUT2D eigenvalue weighted by atomic mass is 10.1. The van der Waals surface area contributed by atoms with Gasteiger partial charge in [-0.2, -0.15) is 5.26 Å². The molecule has 0 aliphatic heterocycles. The van der Waals surface area contributed by atoms with E-state index in [2.05, 4.69) is 19.9 Å². The van der Waals surface area contributed by atoms with Crippen molar-refractivity contribution in [2.24, 2.45) is 0 Å². The normalized spacial score (nSPS) is 9.75. The van der Waals surface area contributed by atoms with Crippen molar-refractivity contribution >= 4 is 11.8 Å². The molecule has 0 spiro atoms. The molecule has 4 heteroatoms.